The molecule has 0 aliphatic rings. The average molecular weight is 645 g/mol. The maximum absolute atomic E-state index is 13.6. The maximum atomic E-state index is 13.6. The Balaban J connectivity index is 1.55. The van der Waals surface area contributed by atoms with Crippen LogP contribution in [0.25, 0.3) is 0 Å². The van der Waals surface area contributed by atoms with Crippen LogP contribution in [0.4, 0.5) is 10.5 Å². The van der Waals surface area contributed by atoms with Crippen LogP contribution in [-0.2, 0) is 34.3 Å². The molecular weight excluding hydrogens is 604 g/mol. The van der Waals surface area contributed by atoms with E-state index in [1.165, 1.54) is 22.3 Å². The zero-order chi connectivity index (χ0) is 32.9. The number of amides is 2. The number of sulfonamides is 1. The van der Waals surface area contributed by atoms with Crippen LogP contribution in [0, 0.1) is 0 Å². The fourth-order valence-corrected chi connectivity index (χ4v) is 6.08. The Bertz CT molecular complexity index is 1660. The van der Waals surface area contributed by atoms with Gasteiger partial charge in [-0.15, -0.1) is 0 Å². The summed E-state index contributed by atoms with van der Waals surface area (Å²) in [6.07, 6.45) is 0.518. The number of hydrogen-bond donors (Lipinski definition) is 2. The SMILES string of the molecule is CCCS(=O)(=O)N(C)c1cccc(C(=O)N[C@@H](Cc2ccccc2)[C@H](O)CN(Cc2ccccn2)C(=O)OCc2ccccc2)c1. The molecule has 0 bridgehead atoms. The van der Waals surface area contributed by atoms with Crippen LogP contribution in [0.1, 0.15) is 40.5 Å². The summed E-state index contributed by atoms with van der Waals surface area (Å²) >= 11 is 0. The van der Waals surface area contributed by atoms with Gasteiger partial charge in [0.05, 0.1) is 42.4 Å². The Morgan fingerprint density at radius 2 is 1.59 bits per heavy atom. The van der Waals surface area contributed by atoms with E-state index in [1.54, 1.807) is 43.5 Å². The number of ether oxygens (including phenoxy) is 1. The van der Waals surface area contributed by atoms with Crippen LogP contribution in [0.5, 0.6) is 0 Å². The van der Waals surface area contributed by atoms with Crippen LogP contribution < -0.4 is 9.62 Å². The number of aliphatic hydroxyl groups is 1. The molecule has 2 atom stereocenters. The molecule has 0 aliphatic heterocycles. The summed E-state index contributed by atoms with van der Waals surface area (Å²) in [7, 11) is -2.09. The summed E-state index contributed by atoms with van der Waals surface area (Å²) in [6, 6.07) is 29.5. The van der Waals surface area contributed by atoms with Gasteiger partial charge in [0.25, 0.3) is 5.91 Å². The number of carbonyl (C=O) groups is 2. The van der Waals surface area contributed by atoms with E-state index in [9.17, 15) is 23.1 Å². The van der Waals surface area contributed by atoms with Gasteiger partial charge in [-0.05, 0) is 54.3 Å². The van der Waals surface area contributed by atoms with E-state index in [1.807, 2.05) is 66.7 Å². The summed E-state index contributed by atoms with van der Waals surface area (Å²) in [4.78, 5) is 32.6. The highest BCUT2D eigenvalue weighted by Crippen LogP contribution is 2.20. The summed E-state index contributed by atoms with van der Waals surface area (Å²) in [5.41, 5.74) is 2.87. The third kappa shape index (κ3) is 9.88. The first-order valence-electron chi connectivity index (χ1n) is 15.1. The molecule has 0 fully saturated rings. The van der Waals surface area contributed by atoms with Crippen LogP contribution in [0.2, 0.25) is 0 Å². The highest BCUT2D eigenvalue weighted by atomic mass is 32.2. The number of rotatable bonds is 15. The zero-order valence-electron chi connectivity index (χ0n) is 26.0. The minimum atomic E-state index is -3.55. The van der Waals surface area contributed by atoms with Gasteiger partial charge in [-0.2, -0.15) is 0 Å². The molecule has 0 spiro atoms. The van der Waals surface area contributed by atoms with Gasteiger partial charge < -0.3 is 15.2 Å². The lowest BCUT2D eigenvalue weighted by molar-refractivity contribution is 0.0496. The van der Waals surface area contributed by atoms with Crippen LogP contribution >= 0.6 is 0 Å². The van der Waals surface area contributed by atoms with Crippen molar-refractivity contribution < 1.29 is 27.9 Å². The number of hydrogen-bond acceptors (Lipinski definition) is 7. The first-order valence-corrected chi connectivity index (χ1v) is 16.7. The molecule has 10 nitrogen and oxygen atoms in total. The fourth-order valence-electron chi connectivity index (χ4n) is 4.86. The second kappa shape index (κ2) is 16.5. The number of anilines is 1. The molecule has 1 heterocycles. The molecule has 4 aromatic rings. The van der Waals surface area contributed by atoms with Gasteiger partial charge in [-0.1, -0.05) is 79.7 Å². The van der Waals surface area contributed by atoms with E-state index < -0.39 is 34.2 Å². The summed E-state index contributed by atoms with van der Waals surface area (Å²) in [6.45, 7) is 1.77. The Morgan fingerprint density at radius 3 is 2.24 bits per heavy atom. The summed E-state index contributed by atoms with van der Waals surface area (Å²) in [5, 5.41) is 14.5. The first-order chi connectivity index (χ1) is 22.2. The Labute approximate surface area is 270 Å². The predicted molar refractivity (Wildman–Crippen MR) is 178 cm³/mol. The van der Waals surface area contributed by atoms with Crippen molar-refractivity contribution in [2.24, 2.45) is 0 Å². The topological polar surface area (TPSA) is 129 Å². The van der Waals surface area contributed by atoms with Gasteiger partial charge in [-0.25, -0.2) is 13.2 Å². The zero-order valence-corrected chi connectivity index (χ0v) is 26.8. The summed E-state index contributed by atoms with van der Waals surface area (Å²) < 4.78 is 32.1. The third-order valence-corrected chi connectivity index (χ3v) is 9.35. The molecule has 0 aliphatic carbocycles. The normalized spacial score (nSPS) is 12.5. The van der Waals surface area contributed by atoms with Crippen molar-refractivity contribution in [2.75, 3.05) is 23.7 Å². The van der Waals surface area contributed by atoms with Gasteiger partial charge >= 0.3 is 6.09 Å². The number of aliphatic hydroxyl groups excluding tert-OH is 1. The average Bonchev–Trinajstić information content (AvgIpc) is 3.07. The molecule has 4 rings (SSSR count). The van der Waals surface area contributed by atoms with Gasteiger partial charge in [0.1, 0.15) is 6.61 Å². The third-order valence-electron chi connectivity index (χ3n) is 7.38. The molecule has 0 unspecified atom stereocenters. The van der Waals surface area contributed by atoms with Crippen LogP contribution in [0.15, 0.2) is 109 Å². The van der Waals surface area contributed by atoms with Crippen molar-refractivity contribution in [1.29, 1.82) is 0 Å². The monoisotopic (exact) mass is 644 g/mol. The van der Waals surface area contributed by atoms with E-state index in [0.29, 0.717) is 17.8 Å². The molecule has 0 radical (unpaired) electrons. The lowest BCUT2D eigenvalue weighted by Crippen LogP contribution is -2.50. The fraction of sp³-hybridized carbons (Fsp3) is 0.286. The molecule has 46 heavy (non-hydrogen) atoms. The largest absolute Gasteiger partial charge is 0.445 e. The minimum absolute atomic E-state index is 0.0198. The second-order valence-electron chi connectivity index (χ2n) is 10.9. The van der Waals surface area contributed by atoms with Crippen molar-refractivity contribution >= 4 is 27.7 Å². The molecule has 11 heteroatoms. The minimum Gasteiger partial charge on any atom is -0.445 e. The number of aromatic nitrogens is 1. The molecule has 2 N–H and O–H groups in total. The molecule has 242 valence electrons. The van der Waals surface area contributed by atoms with Gasteiger partial charge in [0.2, 0.25) is 10.0 Å². The first kappa shape index (κ1) is 34.1. The Morgan fingerprint density at radius 1 is 0.913 bits per heavy atom. The molecule has 1 aromatic heterocycles. The number of carbonyl (C=O) groups excluding carboxylic acids is 2. The number of benzene rings is 3. The van der Waals surface area contributed by atoms with Crippen LogP contribution in [-0.4, -0.2) is 66.9 Å². The van der Waals surface area contributed by atoms with E-state index >= 15 is 0 Å². The predicted octanol–water partition coefficient (Wildman–Crippen LogP) is 4.80. The molecular formula is C35H40N4O6S. The van der Waals surface area contributed by atoms with Gasteiger partial charge in [0.15, 0.2) is 0 Å². The maximum Gasteiger partial charge on any atom is 0.410 e. The van der Waals surface area contributed by atoms with Crippen molar-refractivity contribution in [1.82, 2.24) is 15.2 Å². The van der Waals surface area contributed by atoms with Gasteiger partial charge in [0, 0.05) is 18.8 Å². The molecule has 3 aromatic carbocycles. The van der Waals surface area contributed by atoms with Crippen molar-refractivity contribution in [2.45, 2.75) is 45.1 Å². The highest BCUT2D eigenvalue weighted by molar-refractivity contribution is 7.92. The quantitative estimate of drug-likeness (QED) is 0.190. The van der Waals surface area contributed by atoms with E-state index in [2.05, 4.69) is 10.3 Å². The number of nitrogens with zero attached hydrogens (tertiary/aromatic N) is 3. The molecule has 2 amide bonds. The lowest BCUT2D eigenvalue weighted by atomic mass is 10.00. The number of pyridine rings is 1. The molecule has 0 saturated carbocycles. The van der Waals surface area contributed by atoms with E-state index in [4.69, 9.17) is 4.74 Å². The van der Waals surface area contributed by atoms with Crippen LogP contribution in [0.3, 0.4) is 0 Å². The van der Waals surface area contributed by atoms with Gasteiger partial charge in [-0.3, -0.25) is 19.0 Å². The Hall–Kier alpha value is -4.74. The Kier molecular flexibility index (Phi) is 12.3. The lowest BCUT2D eigenvalue weighted by Gasteiger charge is -2.30. The smallest absolute Gasteiger partial charge is 0.410 e. The number of nitrogens with one attached hydrogen (secondary N) is 1. The van der Waals surface area contributed by atoms with E-state index in [-0.39, 0.29) is 37.4 Å². The summed E-state index contributed by atoms with van der Waals surface area (Å²) in [5.74, 6) is -0.514. The van der Waals surface area contributed by atoms with E-state index in [0.717, 1.165) is 11.1 Å². The standard InChI is InChI=1S/C35H40N4O6S/c1-3-21-46(43,44)38(2)31-19-12-17-29(23-31)34(41)37-32(22-27-13-6-4-7-14-27)33(40)25-39(24-30-18-10-11-20-36-30)35(42)45-26-28-15-8-5-9-16-28/h4-20,23,32-33,40H,3,21-22,24-26H2,1-2H3,(H,37,41)/t32-,33+/m0/s1. The van der Waals surface area contributed by atoms with Crippen molar-refractivity contribution in [3.8, 4) is 0 Å². The highest BCUT2D eigenvalue weighted by Gasteiger charge is 2.28. The molecule has 0 saturated heterocycles. The second-order valence-corrected chi connectivity index (χ2v) is 13.0. The van der Waals surface area contributed by atoms with Crippen molar-refractivity contribution in [3.05, 3.63) is 132 Å². The van der Waals surface area contributed by atoms with Crippen molar-refractivity contribution in [3.63, 3.8) is 0 Å².